The molecule has 0 aliphatic carbocycles. The summed E-state index contributed by atoms with van der Waals surface area (Å²) in [6.07, 6.45) is 0. The maximum absolute atomic E-state index is 11.8. The lowest BCUT2D eigenvalue weighted by molar-refractivity contribution is -0.894. The molecule has 0 aliphatic rings. The van der Waals surface area contributed by atoms with Crippen LogP contribution in [0.3, 0.4) is 0 Å². The summed E-state index contributed by atoms with van der Waals surface area (Å²) >= 11 is 3.36. The fourth-order valence-corrected chi connectivity index (χ4v) is 1.85. The summed E-state index contributed by atoms with van der Waals surface area (Å²) in [7, 11) is 3.36. The van der Waals surface area contributed by atoms with E-state index < -0.39 is 6.03 Å². The van der Waals surface area contributed by atoms with Crippen LogP contribution in [0.25, 0.3) is 0 Å². The van der Waals surface area contributed by atoms with Crippen LogP contribution in [0.5, 0.6) is 5.75 Å². The molecule has 2 atom stereocenters. The molecule has 1 unspecified atom stereocenters. The van der Waals surface area contributed by atoms with E-state index in [0.29, 0.717) is 13.2 Å². The Balaban J connectivity index is 2.35. The number of hydrogen-bond acceptors (Lipinski definition) is 3. The Morgan fingerprint density at radius 1 is 1.33 bits per heavy atom. The SMILES string of the molecule is CNC(=O)NC(=O)[C@H](C)[NH+](C)CCOc1ccc(Br)cc1. The number of rotatable bonds is 6. The summed E-state index contributed by atoms with van der Waals surface area (Å²) < 4.78 is 6.61. The van der Waals surface area contributed by atoms with E-state index in [1.807, 2.05) is 31.3 Å². The normalized spacial score (nSPS) is 13.1. The van der Waals surface area contributed by atoms with Gasteiger partial charge in [0.1, 0.15) is 18.9 Å². The van der Waals surface area contributed by atoms with Crippen LogP contribution in [0.4, 0.5) is 4.79 Å². The van der Waals surface area contributed by atoms with E-state index in [2.05, 4.69) is 26.6 Å². The van der Waals surface area contributed by atoms with Crippen LogP contribution in [0.15, 0.2) is 28.7 Å². The Hall–Kier alpha value is -1.60. The maximum Gasteiger partial charge on any atom is 0.321 e. The summed E-state index contributed by atoms with van der Waals surface area (Å²) in [6.45, 7) is 2.91. The predicted octanol–water partition coefficient (Wildman–Crippen LogP) is 0.187. The smallest absolute Gasteiger partial charge is 0.321 e. The molecule has 116 valence electrons. The fourth-order valence-electron chi connectivity index (χ4n) is 1.58. The Kier molecular flexibility index (Phi) is 7.18. The molecule has 0 radical (unpaired) electrons. The molecule has 21 heavy (non-hydrogen) atoms. The average molecular weight is 359 g/mol. The van der Waals surface area contributed by atoms with E-state index in [1.165, 1.54) is 7.05 Å². The van der Waals surface area contributed by atoms with Gasteiger partial charge in [0.25, 0.3) is 5.91 Å². The topological polar surface area (TPSA) is 71.9 Å². The summed E-state index contributed by atoms with van der Waals surface area (Å²) in [5.41, 5.74) is 0. The number of nitrogens with one attached hydrogen (secondary N) is 3. The number of ether oxygens (including phenoxy) is 1. The van der Waals surface area contributed by atoms with Gasteiger partial charge in [-0.25, -0.2) is 4.79 Å². The summed E-state index contributed by atoms with van der Waals surface area (Å²) in [6, 6.07) is 6.74. The largest absolute Gasteiger partial charge is 0.488 e. The standard InChI is InChI=1S/C14H20BrN3O3/c1-10(13(19)17-14(20)16-2)18(3)8-9-21-12-6-4-11(15)5-7-12/h4-7,10H,8-9H2,1-3H3,(H2,16,17,19,20)/p+1/t10-/m0/s1. The number of carbonyl (C=O) groups excluding carboxylic acids is 2. The first-order valence-electron chi connectivity index (χ1n) is 6.67. The number of amides is 3. The van der Waals surface area contributed by atoms with Gasteiger partial charge in [-0.3, -0.25) is 10.1 Å². The van der Waals surface area contributed by atoms with E-state index in [9.17, 15) is 9.59 Å². The zero-order valence-corrected chi connectivity index (χ0v) is 14.0. The van der Waals surface area contributed by atoms with E-state index in [-0.39, 0.29) is 11.9 Å². The molecule has 0 bridgehead atoms. The molecule has 1 aromatic rings. The van der Waals surface area contributed by atoms with Crippen molar-refractivity contribution in [1.82, 2.24) is 10.6 Å². The highest BCUT2D eigenvalue weighted by Crippen LogP contribution is 2.15. The molecule has 0 aromatic heterocycles. The lowest BCUT2D eigenvalue weighted by Gasteiger charge is -2.20. The van der Waals surface area contributed by atoms with Crippen LogP contribution in [-0.4, -0.2) is 45.2 Å². The van der Waals surface area contributed by atoms with Crippen molar-refractivity contribution in [3.63, 3.8) is 0 Å². The van der Waals surface area contributed by atoms with Crippen LogP contribution < -0.4 is 20.3 Å². The van der Waals surface area contributed by atoms with Crippen LogP contribution in [0.1, 0.15) is 6.92 Å². The van der Waals surface area contributed by atoms with Gasteiger partial charge in [-0.2, -0.15) is 0 Å². The van der Waals surface area contributed by atoms with Crippen molar-refractivity contribution in [1.29, 1.82) is 0 Å². The number of hydrogen-bond donors (Lipinski definition) is 3. The van der Waals surface area contributed by atoms with E-state index in [1.54, 1.807) is 6.92 Å². The molecule has 0 saturated heterocycles. The maximum atomic E-state index is 11.8. The fraction of sp³-hybridized carbons (Fsp3) is 0.429. The molecule has 0 saturated carbocycles. The molecule has 1 aromatic carbocycles. The quantitative estimate of drug-likeness (QED) is 0.679. The number of urea groups is 1. The minimum absolute atomic E-state index is 0.310. The van der Waals surface area contributed by atoms with Crippen LogP contribution >= 0.6 is 15.9 Å². The first-order chi connectivity index (χ1) is 9.93. The van der Waals surface area contributed by atoms with Gasteiger partial charge in [-0.1, -0.05) is 15.9 Å². The molecule has 0 heterocycles. The third kappa shape index (κ3) is 6.14. The predicted molar refractivity (Wildman–Crippen MR) is 83.5 cm³/mol. The molecular weight excluding hydrogens is 338 g/mol. The minimum atomic E-state index is -0.495. The number of halogens is 1. The summed E-state index contributed by atoms with van der Waals surface area (Å²) in [5.74, 6) is 0.476. The second-order valence-electron chi connectivity index (χ2n) is 4.69. The molecular formula is C14H21BrN3O3+. The first kappa shape index (κ1) is 17.5. The van der Waals surface area contributed by atoms with Gasteiger partial charge in [0.05, 0.1) is 7.05 Å². The van der Waals surface area contributed by atoms with Gasteiger partial charge < -0.3 is 15.0 Å². The first-order valence-corrected chi connectivity index (χ1v) is 7.46. The minimum Gasteiger partial charge on any atom is -0.488 e. The number of carbonyl (C=O) groups is 2. The monoisotopic (exact) mass is 358 g/mol. The van der Waals surface area contributed by atoms with Crippen LogP contribution in [0, 0.1) is 0 Å². The number of quaternary nitrogens is 1. The van der Waals surface area contributed by atoms with Crippen molar-refractivity contribution in [2.24, 2.45) is 0 Å². The van der Waals surface area contributed by atoms with Gasteiger partial charge in [-0.15, -0.1) is 0 Å². The van der Waals surface area contributed by atoms with Crippen molar-refractivity contribution in [2.75, 3.05) is 27.2 Å². The van der Waals surface area contributed by atoms with Crippen molar-refractivity contribution in [3.05, 3.63) is 28.7 Å². The molecule has 0 spiro atoms. The summed E-state index contributed by atoms with van der Waals surface area (Å²) in [4.78, 5) is 23.8. The molecule has 1 rings (SSSR count). The van der Waals surface area contributed by atoms with Crippen LogP contribution in [0.2, 0.25) is 0 Å². The molecule has 0 aliphatic heterocycles. The van der Waals surface area contributed by atoms with Crippen molar-refractivity contribution in [2.45, 2.75) is 13.0 Å². The zero-order chi connectivity index (χ0) is 15.8. The Bertz CT molecular complexity index is 479. The van der Waals surface area contributed by atoms with Gasteiger partial charge >= 0.3 is 6.03 Å². The van der Waals surface area contributed by atoms with Gasteiger partial charge in [0.15, 0.2) is 6.04 Å². The van der Waals surface area contributed by atoms with Crippen LogP contribution in [-0.2, 0) is 4.79 Å². The summed E-state index contributed by atoms with van der Waals surface area (Å²) in [5, 5.41) is 4.62. The number of benzene rings is 1. The highest BCUT2D eigenvalue weighted by Gasteiger charge is 2.22. The second kappa shape index (κ2) is 8.63. The van der Waals surface area contributed by atoms with Crippen molar-refractivity contribution >= 4 is 27.9 Å². The Labute approximate surface area is 133 Å². The van der Waals surface area contributed by atoms with Gasteiger partial charge in [0.2, 0.25) is 0 Å². The third-order valence-electron chi connectivity index (χ3n) is 3.18. The third-order valence-corrected chi connectivity index (χ3v) is 3.70. The number of likely N-dealkylation sites (N-methyl/N-ethyl adjacent to an activating group) is 1. The average Bonchev–Trinajstić information content (AvgIpc) is 2.48. The number of imide groups is 1. The van der Waals surface area contributed by atoms with Crippen molar-refractivity contribution in [3.8, 4) is 5.75 Å². The molecule has 3 N–H and O–H groups in total. The second-order valence-corrected chi connectivity index (χ2v) is 5.60. The van der Waals surface area contributed by atoms with Gasteiger partial charge in [-0.05, 0) is 31.2 Å². The molecule has 7 heteroatoms. The molecule has 6 nitrogen and oxygen atoms in total. The van der Waals surface area contributed by atoms with E-state index in [0.717, 1.165) is 15.1 Å². The highest BCUT2D eigenvalue weighted by molar-refractivity contribution is 9.10. The zero-order valence-electron chi connectivity index (χ0n) is 12.4. The van der Waals surface area contributed by atoms with Crippen molar-refractivity contribution < 1.29 is 19.2 Å². The van der Waals surface area contributed by atoms with E-state index in [4.69, 9.17) is 4.74 Å². The Morgan fingerprint density at radius 2 is 1.95 bits per heavy atom. The lowest BCUT2D eigenvalue weighted by Crippen LogP contribution is -3.14. The molecule has 0 fully saturated rings. The molecule has 3 amide bonds. The Morgan fingerprint density at radius 3 is 2.52 bits per heavy atom. The highest BCUT2D eigenvalue weighted by atomic mass is 79.9. The lowest BCUT2D eigenvalue weighted by atomic mass is 10.3. The van der Waals surface area contributed by atoms with E-state index >= 15 is 0 Å². The van der Waals surface area contributed by atoms with Gasteiger partial charge in [0, 0.05) is 11.5 Å².